The molecule has 1 atom stereocenters. The zero-order valence-electron chi connectivity index (χ0n) is 23.6. The van der Waals surface area contributed by atoms with Crippen molar-refractivity contribution in [2.75, 3.05) is 17.1 Å². The smallest absolute Gasteiger partial charge is 0.244 e. The lowest BCUT2D eigenvalue weighted by Gasteiger charge is -2.35. The maximum Gasteiger partial charge on any atom is 0.244 e. The molecule has 41 heavy (non-hydrogen) atoms. The highest BCUT2D eigenvalue weighted by Crippen LogP contribution is 2.24. The number of benzene rings is 3. The largest absolute Gasteiger partial charge is 0.352 e. The summed E-state index contributed by atoms with van der Waals surface area (Å²) in [6.45, 7) is 1.37. The predicted octanol–water partition coefficient (Wildman–Crippen LogP) is 4.99. The first-order valence-corrected chi connectivity index (χ1v) is 15.9. The van der Waals surface area contributed by atoms with Crippen LogP contribution in [0.1, 0.15) is 48.8 Å². The van der Waals surface area contributed by atoms with E-state index in [2.05, 4.69) is 5.32 Å². The van der Waals surface area contributed by atoms with Crippen LogP contribution in [0, 0.1) is 12.7 Å². The van der Waals surface area contributed by atoms with Gasteiger partial charge in [0.2, 0.25) is 21.8 Å². The maximum atomic E-state index is 14.8. The van der Waals surface area contributed by atoms with E-state index in [1.807, 2.05) is 61.5 Å². The van der Waals surface area contributed by atoms with Crippen molar-refractivity contribution in [1.82, 2.24) is 10.2 Å². The van der Waals surface area contributed by atoms with Crippen LogP contribution in [0.15, 0.2) is 78.9 Å². The van der Waals surface area contributed by atoms with Crippen molar-refractivity contribution in [3.63, 3.8) is 0 Å². The van der Waals surface area contributed by atoms with Crippen molar-refractivity contribution in [1.29, 1.82) is 0 Å². The van der Waals surface area contributed by atoms with Crippen LogP contribution in [0.2, 0.25) is 0 Å². The molecule has 0 heterocycles. The second-order valence-electron chi connectivity index (χ2n) is 10.7. The van der Waals surface area contributed by atoms with Gasteiger partial charge in [-0.3, -0.25) is 13.9 Å². The molecule has 218 valence electrons. The zero-order chi connectivity index (χ0) is 29.4. The fourth-order valence-electron chi connectivity index (χ4n) is 5.32. The van der Waals surface area contributed by atoms with Crippen LogP contribution in [0.5, 0.6) is 0 Å². The molecule has 1 fully saturated rings. The quantitative estimate of drug-likeness (QED) is 0.347. The third-order valence-corrected chi connectivity index (χ3v) is 8.75. The van der Waals surface area contributed by atoms with Crippen molar-refractivity contribution in [3.05, 3.63) is 101 Å². The molecule has 0 spiro atoms. The molecule has 1 N–H and O–H groups in total. The maximum absolute atomic E-state index is 14.8. The molecule has 1 aliphatic rings. The second kappa shape index (κ2) is 13.8. The van der Waals surface area contributed by atoms with Crippen molar-refractivity contribution in [3.8, 4) is 0 Å². The Balaban J connectivity index is 1.74. The van der Waals surface area contributed by atoms with Gasteiger partial charge in [-0.2, -0.15) is 0 Å². The van der Waals surface area contributed by atoms with Crippen molar-refractivity contribution < 1.29 is 22.4 Å². The molecule has 3 aromatic carbocycles. The highest BCUT2D eigenvalue weighted by atomic mass is 32.2. The van der Waals surface area contributed by atoms with Gasteiger partial charge >= 0.3 is 0 Å². The number of amides is 2. The van der Waals surface area contributed by atoms with E-state index in [1.54, 1.807) is 0 Å². The highest BCUT2D eigenvalue weighted by Gasteiger charge is 2.34. The summed E-state index contributed by atoms with van der Waals surface area (Å²) < 4.78 is 41.2. The molecule has 4 rings (SSSR count). The number of carbonyl (C=O) groups excluding carboxylic acids is 2. The van der Waals surface area contributed by atoms with Gasteiger partial charge in [0, 0.05) is 19.0 Å². The topological polar surface area (TPSA) is 86.8 Å². The summed E-state index contributed by atoms with van der Waals surface area (Å²) >= 11 is 0. The first-order valence-electron chi connectivity index (χ1n) is 14.0. The monoisotopic (exact) mass is 579 g/mol. The molecule has 0 bridgehead atoms. The lowest BCUT2D eigenvalue weighted by molar-refractivity contribution is -0.140. The molecule has 0 unspecified atom stereocenters. The second-order valence-corrected chi connectivity index (χ2v) is 12.6. The van der Waals surface area contributed by atoms with Gasteiger partial charge in [0.15, 0.2) is 0 Å². The average Bonchev–Trinajstić information content (AvgIpc) is 2.95. The number of nitrogens with zero attached hydrogens (tertiary/aromatic N) is 2. The van der Waals surface area contributed by atoms with E-state index in [0.717, 1.165) is 65.4 Å². The lowest BCUT2D eigenvalue weighted by Crippen LogP contribution is -2.55. The number of carbonyl (C=O) groups is 2. The summed E-state index contributed by atoms with van der Waals surface area (Å²) in [6.07, 6.45) is 6.15. The van der Waals surface area contributed by atoms with E-state index in [-0.39, 0.29) is 30.6 Å². The molecule has 7 nitrogen and oxygen atoms in total. The minimum Gasteiger partial charge on any atom is -0.352 e. The van der Waals surface area contributed by atoms with Crippen LogP contribution in [0.3, 0.4) is 0 Å². The molecule has 1 aliphatic carbocycles. The first kappa shape index (κ1) is 30.2. The summed E-state index contributed by atoms with van der Waals surface area (Å²) in [5, 5.41) is 3.17. The molecular formula is C32H38FN3O4S. The van der Waals surface area contributed by atoms with E-state index in [4.69, 9.17) is 0 Å². The van der Waals surface area contributed by atoms with Gasteiger partial charge in [0.1, 0.15) is 18.4 Å². The standard InChI is InChI=1S/C32H38FN3O4S/c1-24-13-9-10-16-26(24)22-35(31(37)23-36(41(2,39)40)29-20-12-11-19-28(29)33)30(21-25-14-5-3-6-15-25)32(38)34-27-17-7-4-8-18-27/h3,5-6,9-16,19-20,27,30H,4,7-8,17-18,21-23H2,1-2H3,(H,34,38)/t30-/m0/s1. The first-order chi connectivity index (χ1) is 19.6. The normalized spacial score (nSPS) is 14.7. The lowest BCUT2D eigenvalue weighted by atomic mass is 9.94. The Morgan fingerprint density at radius 2 is 1.56 bits per heavy atom. The van der Waals surface area contributed by atoms with Gasteiger partial charge in [0.05, 0.1) is 11.9 Å². The fourth-order valence-corrected chi connectivity index (χ4v) is 6.17. The SMILES string of the molecule is Cc1ccccc1CN(C(=O)CN(c1ccccc1F)S(C)(=O)=O)[C@@H](Cc1ccccc1)C(=O)NC1CCCCC1. The Morgan fingerprint density at radius 1 is 0.927 bits per heavy atom. The number of rotatable bonds is 11. The summed E-state index contributed by atoms with van der Waals surface area (Å²) in [5.41, 5.74) is 2.42. The van der Waals surface area contributed by atoms with Crippen LogP contribution in [-0.2, 0) is 32.6 Å². The average molecular weight is 580 g/mol. The molecular weight excluding hydrogens is 541 g/mol. The third-order valence-electron chi connectivity index (χ3n) is 7.62. The van der Waals surface area contributed by atoms with Crippen LogP contribution in [0.4, 0.5) is 10.1 Å². The number of aryl methyl sites for hydroxylation is 1. The van der Waals surface area contributed by atoms with E-state index in [9.17, 15) is 22.4 Å². The third kappa shape index (κ3) is 8.16. The van der Waals surface area contributed by atoms with Crippen molar-refractivity contribution >= 4 is 27.5 Å². The van der Waals surface area contributed by atoms with Crippen LogP contribution in [-0.4, -0.2) is 50.0 Å². The Bertz CT molecular complexity index is 1440. The summed E-state index contributed by atoms with van der Waals surface area (Å²) in [6, 6.07) is 21.6. The number of hydrogen-bond donors (Lipinski definition) is 1. The predicted molar refractivity (Wildman–Crippen MR) is 159 cm³/mol. The summed E-state index contributed by atoms with van der Waals surface area (Å²) in [4.78, 5) is 29.5. The molecule has 0 aliphatic heterocycles. The van der Waals surface area contributed by atoms with E-state index in [0.29, 0.717) is 0 Å². The molecule has 1 saturated carbocycles. The summed E-state index contributed by atoms with van der Waals surface area (Å²) in [5.74, 6) is -1.63. The number of sulfonamides is 1. The number of anilines is 1. The van der Waals surface area contributed by atoms with Gasteiger partial charge in [-0.1, -0.05) is 86.0 Å². The van der Waals surface area contributed by atoms with Gasteiger partial charge < -0.3 is 10.2 Å². The van der Waals surface area contributed by atoms with Crippen LogP contribution < -0.4 is 9.62 Å². The Hall–Kier alpha value is -3.72. The van der Waals surface area contributed by atoms with E-state index < -0.39 is 34.3 Å². The summed E-state index contributed by atoms with van der Waals surface area (Å²) in [7, 11) is -4.03. The van der Waals surface area contributed by atoms with E-state index >= 15 is 0 Å². The molecule has 3 aromatic rings. The van der Waals surface area contributed by atoms with Crippen molar-refractivity contribution in [2.45, 2.75) is 64.1 Å². The van der Waals surface area contributed by atoms with Gasteiger partial charge in [-0.25, -0.2) is 12.8 Å². The van der Waals surface area contributed by atoms with Crippen LogP contribution >= 0.6 is 0 Å². The van der Waals surface area contributed by atoms with Crippen molar-refractivity contribution in [2.24, 2.45) is 0 Å². The zero-order valence-corrected chi connectivity index (χ0v) is 24.4. The number of halogens is 1. The molecule has 0 aromatic heterocycles. The number of para-hydroxylation sites is 1. The van der Waals surface area contributed by atoms with E-state index in [1.165, 1.54) is 23.1 Å². The minimum atomic E-state index is -4.03. The minimum absolute atomic E-state index is 0.0240. The van der Waals surface area contributed by atoms with Gasteiger partial charge in [-0.05, 0) is 48.6 Å². The fraction of sp³-hybridized carbons (Fsp3) is 0.375. The molecule has 0 radical (unpaired) electrons. The Labute approximate surface area is 242 Å². The molecule has 9 heteroatoms. The van der Waals surface area contributed by atoms with Crippen LogP contribution in [0.25, 0.3) is 0 Å². The highest BCUT2D eigenvalue weighted by molar-refractivity contribution is 7.92. The number of hydrogen-bond acceptors (Lipinski definition) is 4. The number of nitrogens with one attached hydrogen (secondary N) is 1. The Kier molecular flexibility index (Phi) is 10.2. The molecule has 2 amide bonds. The van der Waals surface area contributed by atoms with Gasteiger partial charge in [0.25, 0.3) is 0 Å². The molecule has 0 saturated heterocycles. The van der Waals surface area contributed by atoms with Gasteiger partial charge in [-0.15, -0.1) is 0 Å². The Morgan fingerprint density at radius 3 is 2.22 bits per heavy atom.